The summed E-state index contributed by atoms with van der Waals surface area (Å²) in [6.45, 7) is 3.03. The summed E-state index contributed by atoms with van der Waals surface area (Å²) in [5.41, 5.74) is 3.28. The molecule has 0 radical (unpaired) electrons. The molecule has 0 aliphatic carbocycles. The van der Waals surface area contributed by atoms with E-state index in [1.54, 1.807) is 0 Å². The molecule has 0 fully saturated rings. The first-order valence-corrected chi connectivity index (χ1v) is 10.1. The van der Waals surface area contributed by atoms with E-state index in [-0.39, 0.29) is 0 Å². The maximum absolute atomic E-state index is 5.86. The van der Waals surface area contributed by atoms with E-state index in [4.69, 9.17) is 4.74 Å². The smallest absolute Gasteiger partial charge is 0.119 e. The highest BCUT2D eigenvalue weighted by atomic mass is 79.9. The predicted molar refractivity (Wildman–Crippen MR) is 111 cm³/mol. The lowest BCUT2D eigenvalue weighted by Crippen LogP contribution is -1.98. The van der Waals surface area contributed by atoms with Crippen LogP contribution in [0.15, 0.2) is 65.5 Å². The van der Waals surface area contributed by atoms with Gasteiger partial charge in [-0.2, -0.15) is 0 Å². The highest BCUT2D eigenvalue weighted by molar-refractivity contribution is 9.10. The quantitative estimate of drug-likeness (QED) is 0.367. The second kappa shape index (κ2) is 9.58. The van der Waals surface area contributed by atoms with Gasteiger partial charge >= 0.3 is 0 Å². The summed E-state index contributed by atoms with van der Waals surface area (Å²) in [5.74, 6) is 0.930. The predicted octanol–water partition coefficient (Wildman–Crippen LogP) is 6.65. The van der Waals surface area contributed by atoms with Crippen molar-refractivity contribution in [2.75, 3.05) is 6.61 Å². The fourth-order valence-corrected chi connectivity index (χ4v) is 3.20. The van der Waals surface area contributed by atoms with Crippen molar-refractivity contribution in [1.82, 2.24) is 9.55 Å². The van der Waals surface area contributed by atoms with E-state index in [9.17, 15) is 0 Å². The average Bonchev–Trinajstić information content (AvgIpc) is 3.15. The van der Waals surface area contributed by atoms with Crippen molar-refractivity contribution < 1.29 is 4.74 Å². The largest absolute Gasteiger partial charge is 0.494 e. The Labute approximate surface area is 164 Å². The Morgan fingerprint density at radius 1 is 0.923 bits per heavy atom. The van der Waals surface area contributed by atoms with Crippen molar-refractivity contribution in [3.8, 4) is 22.7 Å². The van der Waals surface area contributed by atoms with Gasteiger partial charge in [0.1, 0.15) is 5.75 Å². The second-order valence-electron chi connectivity index (χ2n) is 6.41. The Bertz CT molecular complexity index is 794. The van der Waals surface area contributed by atoms with Gasteiger partial charge in [-0.1, -0.05) is 48.5 Å². The van der Waals surface area contributed by atoms with Crippen LogP contribution in [0.25, 0.3) is 16.9 Å². The van der Waals surface area contributed by atoms with Gasteiger partial charge in [0.25, 0.3) is 0 Å². The van der Waals surface area contributed by atoms with E-state index < -0.39 is 0 Å². The molecule has 0 bridgehead atoms. The molecule has 0 saturated carbocycles. The zero-order valence-corrected chi connectivity index (χ0v) is 16.8. The minimum atomic E-state index is 0.792. The normalized spacial score (nSPS) is 10.8. The summed E-state index contributed by atoms with van der Waals surface area (Å²) in [5, 5.41) is 0. The fourth-order valence-electron chi connectivity index (χ4n) is 2.93. The number of hydrogen-bond donors (Lipinski definition) is 0. The zero-order chi connectivity index (χ0) is 18.2. The molecule has 1 heterocycles. The number of rotatable bonds is 9. The summed E-state index contributed by atoms with van der Waals surface area (Å²) in [6.07, 6.45) is 10.0. The third kappa shape index (κ3) is 4.98. The molecule has 0 atom stereocenters. The minimum absolute atomic E-state index is 0.792. The number of imidazole rings is 1. The third-order valence-electron chi connectivity index (χ3n) is 4.41. The number of aromatic nitrogens is 2. The molecular formula is C22H25BrN2O. The fraction of sp³-hybridized carbons (Fsp3) is 0.318. The Morgan fingerprint density at radius 3 is 2.38 bits per heavy atom. The van der Waals surface area contributed by atoms with Crippen molar-refractivity contribution >= 4 is 15.9 Å². The molecule has 3 rings (SSSR count). The molecule has 26 heavy (non-hydrogen) atoms. The molecule has 0 N–H and O–H groups in total. The molecule has 2 aromatic carbocycles. The molecule has 0 saturated heterocycles. The van der Waals surface area contributed by atoms with E-state index in [0.29, 0.717) is 0 Å². The maximum Gasteiger partial charge on any atom is 0.119 e. The van der Waals surface area contributed by atoms with E-state index in [1.165, 1.54) is 25.7 Å². The summed E-state index contributed by atoms with van der Waals surface area (Å²) in [4.78, 5) is 4.32. The first-order chi connectivity index (χ1) is 12.8. The molecular weight excluding hydrogens is 388 g/mol. The highest BCUT2D eigenvalue weighted by Crippen LogP contribution is 2.25. The van der Waals surface area contributed by atoms with Crippen molar-refractivity contribution in [3.63, 3.8) is 0 Å². The second-order valence-corrected chi connectivity index (χ2v) is 7.33. The van der Waals surface area contributed by atoms with Gasteiger partial charge in [-0.3, -0.25) is 4.57 Å². The van der Waals surface area contributed by atoms with Gasteiger partial charge in [-0.25, -0.2) is 4.98 Å². The lowest BCUT2D eigenvalue weighted by Gasteiger charge is -2.10. The van der Waals surface area contributed by atoms with Crippen LogP contribution < -0.4 is 4.74 Å². The Balaban J connectivity index is 1.63. The van der Waals surface area contributed by atoms with Crippen LogP contribution in [0.1, 0.15) is 39.0 Å². The average molecular weight is 413 g/mol. The van der Waals surface area contributed by atoms with Gasteiger partial charge in [-0.05, 0) is 55.0 Å². The van der Waals surface area contributed by atoms with Crippen LogP contribution >= 0.6 is 15.9 Å². The van der Waals surface area contributed by atoms with Crippen LogP contribution in [-0.2, 0) is 0 Å². The van der Waals surface area contributed by atoms with Gasteiger partial charge in [0.2, 0.25) is 0 Å². The highest BCUT2D eigenvalue weighted by Gasteiger charge is 2.07. The molecule has 0 aliphatic heterocycles. The monoisotopic (exact) mass is 412 g/mol. The number of halogens is 1. The summed E-state index contributed by atoms with van der Waals surface area (Å²) < 4.78 is 9.02. The van der Waals surface area contributed by atoms with Gasteiger partial charge in [0.05, 0.1) is 24.8 Å². The van der Waals surface area contributed by atoms with Crippen LogP contribution in [0.2, 0.25) is 0 Å². The van der Waals surface area contributed by atoms with Crippen LogP contribution in [0.4, 0.5) is 0 Å². The minimum Gasteiger partial charge on any atom is -0.494 e. The molecule has 0 amide bonds. The van der Waals surface area contributed by atoms with Gasteiger partial charge in [0, 0.05) is 15.7 Å². The molecule has 3 nitrogen and oxygen atoms in total. The molecule has 0 spiro atoms. The molecule has 3 aromatic rings. The van der Waals surface area contributed by atoms with Crippen molar-refractivity contribution in [2.45, 2.75) is 39.0 Å². The van der Waals surface area contributed by atoms with Crippen LogP contribution in [0, 0.1) is 0 Å². The van der Waals surface area contributed by atoms with E-state index in [0.717, 1.165) is 40.2 Å². The Kier molecular flexibility index (Phi) is 6.89. The topological polar surface area (TPSA) is 27.1 Å². The molecule has 0 unspecified atom stereocenters. The molecule has 1 aromatic heterocycles. The number of unbranched alkanes of at least 4 members (excludes halogenated alkanes) is 4. The standard InChI is InChI=1S/C22H25BrN2O/c1-2-3-4-5-6-15-26-21-13-7-18(8-14-21)22-16-24-17-25(22)20-11-9-19(23)10-12-20/h7-14,16-17H,2-6,15H2,1H3. The lowest BCUT2D eigenvalue weighted by molar-refractivity contribution is 0.304. The van der Waals surface area contributed by atoms with Crippen LogP contribution in [0.5, 0.6) is 5.75 Å². The first kappa shape index (κ1) is 18.7. The summed E-state index contributed by atoms with van der Waals surface area (Å²) in [6, 6.07) is 16.5. The molecule has 4 heteroatoms. The molecule has 0 aliphatic rings. The maximum atomic E-state index is 5.86. The van der Waals surface area contributed by atoms with Gasteiger partial charge < -0.3 is 4.74 Å². The van der Waals surface area contributed by atoms with E-state index in [1.807, 2.05) is 36.8 Å². The zero-order valence-electron chi connectivity index (χ0n) is 15.2. The number of hydrogen-bond acceptors (Lipinski definition) is 2. The third-order valence-corrected chi connectivity index (χ3v) is 4.94. The Hall–Kier alpha value is -2.07. The van der Waals surface area contributed by atoms with Crippen molar-refractivity contribution in [1.29, 1.82) is 0 Å². The SMILES string of the molecule is CCCCCCCOc1ccc(-c2cncn2-c2ccc(Br)cc2)cc1. The number of benzene rings is 2. The number of nitrogens with zero attached hydrogens (tertiary/aromatic N) is 2. The van der Waals surface area contributed by atoms with E-state index >= 15 is 0 Å². The van der Waals surface area contributed by atoms with Crippen LogP contribution in [-0.4, -0.2) is 16.2 Å². The number of ether oxygens (including phenoxy) is 1. The first-order valence-electron chi connectivity index (χ1n) is 9.29. The molecule has 136 valence electrons. The van der Waals surface area contributed by atoms with Crippen LogP contribution in [0.3, 0.4) is 0 Å². The van der Waals surface area contributed by atoms with Crippen molar-refractivity contribution in [2.24, 2.45) is 0 Å². The summed E-state index contributed by atoms with van der Waals surface area (Å²) in [7, 11) is 0. The summed E-state index contributed by atoms with van der Waals surface area (Å²) >= 11 is 3.48. The Morgan fingerprint density at radius 2 is 1.65 bits per heavy atom. The van der Waals surface area contributed by atoms with E-state index in [2.05, 4.69) is 56.7 Å². The lowest BCUT2D eigenvalue weighted by atomic mass is 10.1. The van der Waals surface area contributed by atoms with Crippen molar-refractivity contribution in [3.05, 3.63) is 65.5 Å². The van der Waals surface area contributed by atoms with Gasteiger partial charge in [-0.15, -0.1) is 0 Å². The van der Waals surface area contributed by atoms with Gasteiger partial charge in [0.15, 0.2) is 0 Å².